The third-order valence-electron chi connectivity index (χ3n) is 4.72. The van der Waals surface area contributed by atoms with Gasteiger partial charge in [-0.05, 0) is 24.5 Å². The van der Waals surface area contributed by atoms with Gasteiger partial charge in [0, 0.05) is 59.7 Å². The van der Waals surface area contributed by atoms with Gasteiger partial charge in [0.15, 0.2) is 11.5 Å². The van der Waals surface area contributed by atoms with E-state index in [-0.39, 0.29) is 18.8 Å². The van der Waals surface area contributed by atoms with Crippen LogP contribution in [0.5, 0.6) is 0 Å². The number of aryl methyl sites for hydroxylation is 1. The lowest BCUT2D eigenvalue weighted by atomic mass is 9.79. The van der Waals surface area contributed by atoms with E-state index in [1.165, 1.54) is 0 Å². The van der Waals surface area contributed by atoms with E-state index in [1.807, 2.05) is 25.4 Å². The van der Waals surface area contributed by atoms with Crippen molar-refractivity contribution in [3.8, 4) is 11.4 Å². The quantitative estimate of drug-likeness (QED) is 0.541. The summed E-state index contributed by atoms with van der Waals surface area (Å²) in [5, 5.41) is 6.16. The molecule has 1 aliphatic carbocycles. The van der Waals surface area contributed by atoms with E-state index in [1.54, 1.807) is 28.4 Å². The Hall–Kier alpha value is -2.48. The van der Waals surface area contributed by atoms with Gasteiger partial charge in [-0.3, -0.25) is 4.68 Å². The minimum absolute atomic E-state index is 0.00499. The minimum atomic E-state index is -2.47. The number of pyridine rings is 1. The Labute approximate surface area is 151 Å². The highest BCUT2D eigenvalue weighted by molar-refractivity contribution is 7.18. The summed E-state index contributed by atoms with van der Waals surface area (Å²) in [6.45, 7) is 0. The molecule has 4 aromatic heterocycles. The molecule has 132 valence electrons. The number of halogens is 2. The maximum absolute atomic E-state index is 13.0. The van der Waals surface area contributed by atoms with Crippen molar-refractivity contribution in [3.63, 3.8) is 0 Å². The van der Waals surface area contributed by atoms with Crippen LogP contribution >= 0.6 is 11.3 Å². The Morgan fingerprint density at radius 1 is 1.19 bits per heavy atom. The maximum atomic E-state index is 13.0. The molecule has 5 nitrogen and oxygen atoms in total. The van der Waals surface area contributed by atoms with Crippen LogP contribution in [0.2, 0.25) is 0 Å². The molecule has 0 spiro atoms. The standard InChI is InChI=1S/C18H15F2N5S/c1-25-9-13-3-11(7-22-16(13)24-25)15-21-8-12-4-14(26-17(12)23-15)2-10-5-18(19,20)6-10/h3-4,7-10H,2,5-6H2,1H3. The van der Waals surface area contributed by atoms with E-state index in [4.69, 9.17) is 0 Å². The van der Waals surface area contributed by atoms with E-state index in [2.05, 4.69) is 20.1 Å². The van der Waals surface area contributed by atoms with Crippen molar-refractivity contribution in [3.05, 3.63) is 35.6 Å². The third kappa shape index (κ3) is 2.74. The van der Waals surface area contributed by atoms with Gasteiger partial charge < -0.3 is 0 Å². The highest BCUT2D eigenvalue weighted by Gasteiger charge is 2.45. The molecule has 0 saturated heterocycles. The molecule has 0 aliphatic heterocycles. The van der Waals surface area contributed by atoms with E-state index >= 15 is 0 Å². The lowest BCUT2D eigenvalue weighted by Crippen LogP contribution is -2.36. The van der Waals surface area contributed by atoms with Crippen molar-refractivity contribution in [2.24, 2.45) is 13.0 Å². The zero-order chi connectivity index (χ0) is 17.9. The van der Waals surface area contributed by atoms with E-state index in [0.29, 0.717) is 17.9 Å². The molecule has 0 N–H and O–H groups in total. The monoisotopic (exact) mass is 371 g/mol. The lowest BCUT2D eigenvalue weighted by Gasteiger charge is -2.34. The molecule has 5 rings (SSSR count). The fraction of sp³-hybridized carbons (Fsp3) is 0.333. The second-order valence-corrected chi connectivity index (χ2v) is 8.06. The molecule has 8 heteroatoms. The van der Waals surface area contributed by atoms with Gasteiger partial charge in [-0.25, -0.2) is 23.7 Å². The number of alkyl halides is 2. The molecule has 4 heterocycles. The summed E-state index contributed by atoms with van der Waals surface area (Å²) in [4.78, 5) is 15.4. The van der Waals surface area contributed by atoms with Crippen LogP contribution in [0.4, 0.5) is 8.78 Å². The fourth-order valence-corrected chi connectivity index (χ4v) is 4.61. The van der Waals surface area contributed by atoms with Gasteiger partial charge in [0.2, 0.25) is 5.92 Å². The van der Waals surface area contributed by atoms with Gasteiger partial charge >= 0.3 is 0 Å². The first-order valence-corrected chi connectivity index (χ1v) is 9.20. The molecule has 0 amide bonds. The Morgan fingerprint density at radius 3 is 2.85 bits per heavy atom. The topological polar surface area (TPSA) is 56.5 Å². The van der Waals surface area contributed by atoms with E-state index in [0.717, 1.165) is 26.0 Å². The Morgan fingerprint density at radius 2 is 2.04 bits per heavy atom. The molecule has 0 aromatic carbocycles. The molecule has 1 aliphatic rings. The molecule has 1 saturated carbocycles. The predicted octanol–water partition coefficient (Wildman–Crippen LogP) is 4.23. The first kappa shape index (κ1) is 15.7. The first-order valence-electron chi connectivity index (χ1n) is 8.38. The summed E-state index contributed by atoms with van der Waals surface area (Å²) >= 11 is 1.56. The summed E-state index contributed by atoms with van der Waals surface area (Å²) in [5.41, 5.74) is 1.52. The molecular formula is C18H15F2N5S. The van der Waals surface area contributed by atoms with Gasteiger partial charge in [-0.15, -0.1) is 11.3 Å². The fourth-order valence-electron chi connectivity index (χ4n) is 3.49. The number of hydrogen-bond donors (Lipinski definition) is 0. The SMILES string of the molecule is Cn1cc2cc(-c3ncc4cc(CC5CC(F)(F)C5)sc4n3)cnc2n1. The van der Waals surface area contributed by atoms with Crippen LogP contribution in [-0.4, -0.2) is 30.7 Å². The second kappa shape index (κ2) is 5.51. The highest BCUT2D eigenvalue weighted by Crippen LogP contribution is 2.44. The van der Waals surface area contributed by atoms with Gasteiger partial charge in [-0.2, -0.15) is 5.10 Å². The average Bonchev–Trinajstić information content (AvgIpc) is 3.12. The van der Waals surface area contributed by atoms with Crippen LogP contribution in [0.1, 0.15) is 17.7 Å². The van der Waals surface area contributed by atoms with Crippen molar-refractivity contribution in [1.82, 2.24) is 24.7 Å². The van der Waals surface area contributed by atoms with Crippen LogP contribution in [-0.2, 0) is 13.5 Å². The molecule has 0 bridgehead atoms. The largest absolute Gasteiger partial charge is 0.273 e. The summed E-state index contributed by atoms with van der Waals surface area (Å²) < 4.78 is 27.8. The first-order chi connectivity index (χ1) is 12.4. The zero-order valence-corrected chi connectivity index (χ0v) is 14.8. The van der Waals surface area contributed by atoms with Crippen LogP contribution in [0.25, 0.3) is 32.6 Å². The maximum Gasteiger partial charge on any atom is 0.248 e. The summed E-state index contributed by atoms with van der Waals surface area (Å²) in [5.74, 6) is -1.78. The Balaban J connectivity index is 1.45. The summed E-state index contributed by atoms with van der Waals surface area (Å²) in [7, 11) is 1.86. The van der Waals surface area contributed by atoms with Crippen molar-refractivity contribution in [1.29, 1.82) is 0 Å². The lowest BCUT2D eigenvalue weighted by molar-refractivity contribution is -0.109. The average molecular weight is 371 g/mol. The number of fused-ring (bicyclic) bond motifs is 2. The van der Waals surface area contributed by atoms with Crippen molar-refractivity contribution < 1.29 is 8.78 Å². The molecular weight excluding hydrogens is 356 g/mol. The number of aromatic nitrogens is 5. The molecule has 0 radical (unpaired) electrons. The van der Waals surface area contributed by atoms with Crippen molar-refractivity contribution in [2.45, 2.75) is 25.2 Å². The van der Waals surface area contributed by atoms with Gasteiger partial charge in [-0.1, -0.05) is 0 Å². The Bertz CT molecular complexity index is 1130. The van der Waals surface area contributed by atoms with Crippen molar-refractivity contribution in [2.75, 3.05) is 0 Å². The number of nitrogens with zero attached hydrogens (tertiary/aromatic N) is 5. The molecule has 0 atom stereocenters. The minimum Gasteiger partial charge on any atom is -0.273 e. The van der Waals surface area contributed by atoms with Crippen LogP contribution in [0, 0.1) is 5.92 Å². The van der Waals surface area contributed by atoms with E-state index in [9.17, 15) is 8.78 Å². The number of rotatable bonds is 3. The Kier molecular flexibility index (Phi) is 3.34. The van der Waals surface area contributed by atoms with Gasteiger partial charge in [0.05, 0.1) is 0 Å². The van der Waals surface area contributed by atoms with E-state index < -0.39 is 5.92 Å². The smallest absolute Gasteiger partial charge is 0.248 e. The molecule has 4 aromatic rings. The number of thiophene rings is 1. The predicted molar refractivity (Wildman–Crippen MR) is 96.3 cm³/mol. The normalized spacial score (nSPS) is 17.0. The highest BCUT2D eigenvalue weighted by atomic mass is 32.1. The van der Waals surface area contributed by atoms with Crippen LogP contribution in [0.15, 0.2) is 30.7 Å². The molecule has 1 fully saturated rings. The third-order valence-corrected chi connectivity index (χ3v) is 5.79. The molecule has 0 unspecified atom stereocenters. The van der Waals surface area contributed by atoms with Crippen molar-refractivity contribution >= 4 is 32.6 Å². The number of hydrogen-bond acceptors (Lipinski definition) is 5. The summed E-state index contributed by atoms with van der Waals surface area (Å²) in [6, 6.07) is 3.99. The van der Waals surface area contributed by atoms with Crippen LogP contribution in [0.3, 0.4) is 0 Å². The van der Waals surface area contributed by atoms with Gasteiger partial charge in [0.1, 0.15) is 4.83 Å². The van der Waals surface area contributed by atoms with Crippen LogP contribution < -0.4 is 0 Å². The second-order valence-electron chi connectivity index (χ2n) is 6.94. The van der Waals surface area contributed by atoms with Gasteiger partial charge in [0.25, 0.3) is 0 Å². The molecule has 26 heavy (non-hydrogen) atoms. The summed E-state index contributed by atoms with van der Waals surface area (Å²) in [6.07, 6.45) is 6.10. The zero-order valence-electron chi connectivity index (χ0n) is 14.0.